The number of methoxy groups -OCH3 is 2. The number of hydrogen-bond donors (Lipinski definition) is 2. The van der Waals surface area contributed by atoms with Gasteiger partial charge in [-0.3, -0.25) is 4.79 Å². The third kappa shape index (κ3) is 4.37. The minimum atomic E-state index is -0.377. The largest absolute Gasteiger partial charge is 0.497 e. The molecule has 3 rings (SSSR count). The first-order chi connectivity index (χ1) is 13.5. The molecule has 0 aliphatic rings. The van der Waals surface area contributed by atoms with Gasteiger partial charge in [-0.1, -0.05) is 17.7 Å². The van der Waals surface area contributed by atoms with E-state index in [1.807, 2.05) is 26.0 Å². The molecule has 7 heteroatoms. The van der Waals surface area contributed by atoms with Crippen molar-refractivity contribution in [3.63, 3.8) is 0 Å². The summed E-state index contributed by atoms with van der Waals surface area (Å²) in [6.07, 6.45) is 1.54. The van der Waals surface area contributed by atoms with Crippen LogP contribution in [-0.2, 0) is 0 Å². The fourth-order valence-electron chi connectivity index (χ4n) is 2.72. The number of nitrogens with one attached hydrogen (secondary N) is 2. The highest BCUT2D eigenvalue weighted by atomic mass is 16.5. The first-order valence-corrected chi connectivity index (χ1v) is 8.71. The maximum atomic E-state index is 12.7. The third-order valence-electron chi connectivity index (χ3n) is 4.17. The lowest BCUT2D eigenvalue weighted by Gasteiger charge is -2.12. The molecule has 2 aromatic carbocycles. The molecule has 0 radical (unpaired) electrons. The summed E-state index contributed by atoms with van der Waals surface area (Å²) in [7, 11) is 3.09. The third-order valence-corrected chi connectivity index (χ3v) is 4.17. The zero-order valence-electron chi connectivity index (χ0n) is 16.2. The normalized spacial score (nSPS) is 10.3. The van der Waals surface area contributed by atoms with E-state index in [2.05, 4.69) is 26.7 Å². The van der Waals surface area contributed by atoms with E-state index in [0.717, 1.165) is 11.3 Å². The van der Waals surface area contributed by atoms with Crippen molar-refractivity contribution in [3.8, 4) is 11.5 Å². The zero-order valence-corrected chi connectivity index (χ0v) is 16.2. The Morgan fingerprint density at radius 1 is 0.964 bits per heavy atom. The molecule has 144 valence electrons. The van der Waals surface area contributed by atoms with Crippen molar-refractivity contribution in [2.75, 3.05) is 24.9 Å². The highest BCUT2D eigenvalue weighted by molar-refractivity contribution is 6.04. The van der Waals surface area contributed by atoms with E-state index >= 15 is 0 Å². The molecule has 0 unspecified atom stereocenters. The second-order valence-electron chi connectivity index (χ2n) is 6.23. The van der Waals surface area contributed by atoms with Gasteiger partial charge in [-0.05, 0) is 43.7 Å². The molecule has 3 aromatic rings. The first kappa shape index (κ1) is 19.2. The average molecular weight is 378 g/mol. The van der Waals surface area contributed by atoms with Crippen LogP contribution in [0.5, 0.6) is 11.5 Å². The van der Waals surface area contributed by atoms with Gasteiger partial charge in [0.2, 0.25) is 5.95 Å². The number of aromatic nitrogens is 2. The van der Waals surface area contributed by atoms with Crippen LogP contribution in [0, 0.1) is 13.8 Å². The Morgan fingerprint density at radius 3 is 2.50 bits per heavy atom. The number of ether oxygens (including phenoxy) is 2. The van der Waals surface area contributed by atoms with E-state index in [1.54, 1.807) is 31.4 Å². The summed E-state index contributed by atoms with van der Waals surface area (Å²) in [5.41, 5.74) is 3.85. The van der Waals surface area contributed by atoms with Gasteiger partial charge in [0, 0.05) is 18.0 Å². The number of rotatable bonds is 6. The fourth-order valence-corrected chi connectivity index (χ4v) is 2.72. The number of carbonyl (C=O) groups excluding carboxylic acids is 1. The Kier molecular flexibility index (Phi) is 5.74. The highest BCUT2D eigenvalue weighted by Gasteiger charge is 2.13. The van der Waals surface area contributed by atoms with Crippen LogP contribution < -0.4 is 20.1 Å². The maximum Gasteiger partial charge on any atom is 0.274 e. The molecule has 0 spiro atoms. The van der Waals surface area contributed by atoms with Crippen LogP contribution in [0.15, 0.2) is 48.7 Å². The van der Waals surface area contributed by atoms with Gasteiger partial charge in [-0.15, -0.1) is 0 Å². The molecule has 1 heterocycles. The van der Waals surface area contributed by atoms with Crippen LogP contribution in [0.2, 0.25) is 0 Å². The summed E-state index contributed by atoms with van der Waals surface area (Å²) in [6.45, 7) is 4.03. The van der Waals surface area contributed by atoms with Gasteiger partial charge in [0.05, 0.1) is 19.9 Å². The van der Waals surface area contributed by atoms with Crippen LogP contribution in [-0.4, -0.2) is 30.1 Å². The summed E-state index contributed by atoms with van der Waals surface area (Å²) < 4.78 is 10.5. The SMILES string of the molecule is COc1ccc(OC)c(NC(=O)c2ccnc(Nc3ccc(C)cc3C)n2)c1. The monoisotopic (exact) mass is 378 g/mol. The Bertz CT molecular complexity index is 1000. The number of aryl methyl sites for hydroxylation is 2. The molecular weight excluding hydrogens is 356 g/mol. The van der Waals surface area contributed by atoms with E-state index in [9.17, 15) is 4.79 Å². The molecule has 1 aromatic heterocycles. The van der Waals surface area contributed by atoms with E-state index < -0.39 is 0 Å². The van der Waals surface area contributed by atoms with Crippen molar-refractivity contribution < 1.29 is 14.3 Å². The summed E-state index contributed by atoms with van der Waals surface area (Å²) in [4.78, 5) is 21.2. The number of amides is 1. The number of hydrogen-bond acceptors (Lipinski definition) is 6. The number of benzene rings is 2. The minimum absolute atomic E-state index is 0.229. The quantitative estimate of drug-likeness (QED) is 0.671. The lowest BCUT2D eigenvalue weighted by atomic mass is 10.1. The van der Waals surface area contributed by atoms with Crippen molar-refractivity contribution in [1.29, 1.82) is 0 Å². The van der Waals surface area contributed by atoms with Crippen molar-refractivity contribution >= 4 is 23.2 Å². The molecule has 0 aliphatic carbocycles. The summed E-state index contributed by atoms with van der Waals surface area (Å²) >= 11 is 0. The van der Waals surface area contributed by atoms with Gasteiger partial charge in [0.15, 0.2) is 0 Å². The predicted octanol–water partition coefficient (Wildman–Crippen LogP) is 4.11. The predicted molar refractivity (Wildman–Crippen MR) is 109 cm³/mol. The van der Waals surface area contributed by atoms with Crippen molar-refractivity contribution in [3.05, 3.63) is 65.5 Å². The van der Waals surface area contributed by atoms with Gasteiger partial charge in [0.25, 0.3) is 5.91 Å². The maximum absolute atomic E-state index is 12.7. The molecule has 7 nitrogen and oxygen atoms in total. The van der Waals surface area contributed by atoms with E-state index in [4.69, 9.17) is 9.47 Å². The van der Waals surface area contributed by atoms with Gasteiger partial charge in [-0.2, -0.15) is 0 Å². The second-order valence-corrected chi connectivity index (χ2v) is 6.23. The number of carbonyl (C=O) groups is 1. The Labute approximate surface area is 163 Å². The standard InChI is InChI=1S/C21H22N4O3/c1-13-5-7-16(14(2)11-13)24-21-22-10-9-17(25-21)20(26)23-18-12-15(27-3)6-8-19(18)28-4/h5-12H,1-4H3,(H,23,26)(H,22,24,25). The zero-order chi connectivity index (χ0) is 20.1. The second kappa shape index (κ2) is 8.39. The van der Waals surface area contributed by atoms with E-state index in [0.29, 0.717) is 23.1 Å². The Morgan fingerprint density at radius 2 is 1.79 bits per heavy atom. The number of nitrogens with zero attached hydrogens (tertiary/aromatic N) is 2. The van der Waals surface area contributed by atoms with Crippen molar-refractivity contribution in [1.82, 2.24) is 9.97 Å². The van der Waals surface area contributed by atoms with Crippen LogP contribution >= 0.6 is 0 Å². The highest BCUT2D eigenvalue weighted by Crippen LogP contribution is 2.29. The molecule has 28 heavy (non-hydrogen) atoms. The first-order valence-electron chi connectivity index (χ1n) is 8.71. The van der Waals surface area contributed by atoms with Crippen LogP contribution in [0.1, 0.15) is 21.6 Å². The van der Waals surface area contributed by atoms with Crippen molar-refractivity contribution in [2.24, 2.45) is 0 Å². The van der Waals surface area contributed by atoms with Crippen LogP contribution in [0.25, 0.3) is 0 Å². The molecule has 0 fully saturated rings. The lowest BCUT2D eigenvalue weighted by Crippen LogP contribution is -2.15. The molecule has 0 bridgehead atoms. The van der Waals surface area contributed by atoms with Gasteiger partial charge in [-0.25, -0.2) is 9.97 Å². The molecule has 0 saturated carbocycles. The Balaban J connectivity index is 1.81. The lowest BCUT2D eigenvalue weighted by molar-refractivity contribution is 0.102. The average Bonchev–Trinajstić information content (AvgIpc) is 2.70. The number of anilines is 3. The van der Waals surface area contributed by atoms with Crippen LogP contribution in [0.3, 0.4) is 0 Å². The molecule has 0 saturated heterocycles. The summed E-state index contributed by atoms with van der Waals surface area (Å²) in [5.74, 6) is 1.10. The summed E-state index contributed by atoms with van der Waals surface area (Å²) in [5, 5.41) is 5.95. The molecule has 1 amide bonds. The molecule has 0 aliphatic heterocycles. The summed E-state index contributed by atoms with van der Waals surface area (Å²) in [6, 6.07) is 12.7. The van der Waals surface area contributed by atoms with E-state index in [-0.39, 0.29) is 11.6 Å². The molecule has 2 N–H and O–H groups in total. The van der Waals surface area contributed by atoms with Crippen LogP contribution in [0.4, 0.5) is 17.3 Å². The van der Waals surface area contributed by atoms with Crippen molar-refractivity contribution in [2.45, 2.75) is 13.8 Å². The smallest absolute Gasteiger partial charge is 0.274 e. The minimum Gasteiger partial charge on any atom is -0.497 e. The Hall–Kier alpha value is -3.61. The van der Waals surface area contributed by atoms with Gasteiger partial charge < -0.3 is 20.1 Å². The van der Waals surface area contributed by atoms with Gasteiger partial charge >= 0.3 is 0 Å². The topological polar surface area (TPSA) is 85.4 Å². The fraction of sp³-hybridized carbons (Fsp3) is 0.190. The molecular formula is C21H22N4O3. The van der Waals surface area contributed by atoms with Gasteiger partial charge in [0.1, 0.15) is 17.2 Å². The van der Waals surface area contributed by atoms with E-state index in [1.165, 1.54) is 18.9 Å². The molecule has 0 atom stereocenters.